The van der Waals surface area contributed by atoms with E-state index in [2.05, 4.69) is 27.2 Å². The SMILES string of the molecule is CCCCCC[C@](C)(CO)Nc1nc(N)nc2cccnc12. The predicted octanol–water partition coefficient (Wildman–Crippen LogP) is 2.74. The highest BCUT2D eigenvalue weighted by Crippen LogP contribution is 2.25. The molecule has 0 spiro atoms. The standard InChI is InChI=1S/C16H25N5O/c1-3-4-5-6-9-16(2,11-22)21-14-13-12(8-7-10-18-13)19-15(17)20-14/h7-8,10,22H,3-6,9,11H2,1-2H3,(H3,17,19,20,21)/t16-/m1/s1. The van der Waals surface area contributed by atoms with Gasteiger partial charge in [0.2, 0.25) is 5.95 Å². The van der Waals surface area contributed by atoms with Crippen LogP contribution in [0, 0.1) is 0 Å². The number of nitrogens with zero attached hydrogens (tertiary/aromatic N) is 3. The summed E-state index contributed by atoms with van der Waals surface area (Å²) in [6.45, 7) is 4.20. The number of aliphatic hydroxyl groups is 1. The molecule has 0 amide bonds. The first-order valence-corrected chi connectivity index (χ1v) is 7.85. The van der Waals surface area contributed by atoms with Crippen LogP contribution in [0.1, 0.15) is 46.0 Å². The number of fused-ring (bicyclic) bond motifs is 1. The molecule has 6 heteroatoms. The van der Waals surface area contributed by atoms with Crippen molar-refractivity contribution in [3.05, 3.63) is 18.3 Å². The van der Waals surface area contributed by atoms with E-state index in [4.69, 9.17) is 5.73 Å². The maximum Gasteiger partial charge on any atom is 0.222 e. The number of rotatable bonds is 8. The highest BCUT2D eigenvalue weighted by atomic mass is 16.3. The summed E-state index contributed by atoms with van der Waals surface area (Å²) in [7, 11) is 0. The lowest BCUT2D eigenvalue weighted by molar-refractivity contribution is 0.211. The Bertz CT molecular complexity index is 619. The summed E-state index contributed by atoms with van der Waals surface area (Å²) in [5, 5.41) is 13.1. The van der Waals surface area contributed by atoms with E-state index in [9.17, 15) is 5.11 Å². The van der Waals surface area contributed by atoms with Crippen molar-refractivity contribution in [1.29, 1.82) is 0 Å². The summed E-state index contributed by atoms with van der Waals surface area (Å²) in [4.78, 5) is 12.8. The zero-order valence-electron chi connectivity index (χ0n) is 13.3. The predicted molar refractivity (Wildman–Crippen MR) is 89.6 cm³/mol. The summed E-state index contributed by atoms with van der Waals surface area (Å²) in [6, 6.07) is 3.66. The van der Waals surface area contributed by atoms with E-state index in [0.29, 0.717) is 16.9 Å². The Kier molecular flexibility index (Phi) is 5.49. The molecule has 0 aliphatic carbocycles. The Morgan fingerprint density at radius 1 is 1.27 bits per heavy atom. The minimum absolute atomic E-state index is 0.0252. The highest BCUT2D eigenvalue weighted by molar-refractivity contribution is 5.86. The van der Waals surface area contributed by atoms with Crippen LogP contribution in [0.25, 0.3) is 11.0 Å². The van der Waals surface area contributed by atoms with Gasteiger partial charge in [-0.15, -0.1) is 0 Å². The molecule has 0 aromatic carbocycles. The molecule has 2 heterocycles. The van der Waals surface area contributed by atoms with Gasteiger partial charge < -0.3 is 16.2 Å². The van der Waals surface area contributed by atoms with Gasteiger partial charge in [0.1, 0.15) is 5.52 Å². The largest absolute Gasteiger partial charge is 0.394 e. The van der Waals surface area contributed by atoms with Gasteiger partial charge in [0, 0.05) is 6.20 Å². The van der Waals surface area contributed by atoms with Crippen molar-refractivity contribution < 1.29 is 5.11 Å². The smallest absolute Gasteiger partial charge is 0.222 e. The normalized spacial score (nSPS) is 14.0. The maximum absolute atomic E-state index is 9.79. The van der Waals surface area contributed by atoms with Gasteiger partial charge in [-0.3, -0.25) is 4.98 Å². The average Bonchev–Trinajstić information content (AvgIpc) is 2.51. The molecule has 6 nitrogen and oxygen atoms in total. The molecule has 0 fully saturated rings. The van der Waals surface area contributed by atoms with Crippen molar-refractivity contribution in [3.63, 3.8) is 0 Å². The second-order valence-corrected chi connectivity index (χ2v) is 5.96. The lowest BCUT2D eigenvalue weighted by atomic mass is 9.95. The molecule has 22 heavy (non-hydrogen) atoms. The van der Waals surface area contributed by atoms with E-state index in [0.717, 1.165) is 12.8 Å². The van der Waals surface area contributed by atoms with Crippen LogP contribution in [-0.2, 0) is 0 Å². The van der Waals surface area contributed by atoms with E-state index < -0.39 is 5.54 Å². The Labute approximate surface area is 131 Å². The van der Waals surface area contributed by atoms with Gasteiger partial charge in [-0.05, 0) is 25.5 Å². The molecule has 0 saturated heterocycles. The molecule has 120 valence electrons. The first-order valence-electron chi connectivity index (χ1n) is 7.85. The zero-order chi connectivity index (χ0) is 16.0. The Morgan fingerprint density at radius 3 is 2.82 bits per heavy atom. The van der Waals surface area contributed by atoms with Gasteiger partial charge in [0.25, 0.3) is 0 Å². The van der Waals surface area contributed by atoms with Crippen LogP contribution in [-0.4, -0.2) is 32.2 Å². The van der Waals surface area contributed by atoms with Crippen molar-refractivity contribution in [2.24, 2.45) is 0 Å². The van der Waals surface area contributed by atoms with Gasteiger partial charge in [-0.25, -0.2) is 4.98 Å². The van der Waals surface area contributed by atoms with Crippen molar-refractivity contribution >= 4 is 22.8 Å². The highest BCUT2D eigenvalue weighted by Gasteiger charge is 2.24. The lowest BCUT2D eigenvalue weighted by Crippen LogP contribution is -2.39. The van der Waals surface area contributed by atoms with E-state index in [1.54, 1.807) is 6.20 Å². The number of unbranched alkanes of at least 4 members (excludes halogenated alkanes) is 3. The van der Waals surface area contributed by atoms with Crippen LogP contribution in [0.5, 0.6) is 0 Å². The zero-order valence-corrected chi connectivity index (χ0v) is 13.3. The number of nitrogens with two attached hydrogens (primary N) is 1. The fourth-order valence-electron chi connectivity index (χ4n) is 2.48. The number of anilines is 2. The molecular weight excluding hydrogens is 278 g/mol. The third-order valence-corrected chi connectivity index (χ3v) is 3.82. The van der Waals surface area contributed by atoms with Crippen molar-refractivity contribution in [2.45, 2.75) is 51.5 Å². The summed E-state index contributed by atoms with van der Waals surface area (Å²) in [6.07, 6.45) is 7.20. The van der Waals surface area contributed by atoms with Crippen molar-refractivity contribution in [1.82, 2.24) is 15.0 Å². The van der Waals surface area contributed by atoms with Crippen LogP contribution in [0.3, 0.4) is 0 Å². The summed E-state index contributed by atoms with van der Waals surface area (Å²) < 4.78 is 0. The maximum atomic E-state index is 9.79. The first-order chi connectivity index (χ1) is 10.6. The van der Waals surface area contributed by atoms with Gasteiger partial charge in [0.05, 0.1) is 17.7 Å². The Morgan fingerprint density at radius 2 is 2.09 bits per heavy atom. The third-order valence-electron chi connectivity index (χ3n) is 3.82. The number of aromatic nitrogens is 3. The number of pyridine rings is 1. The molecular formula is C16H25N5O. The van der Waals surface area contributed by atoms with E-state index in [1.165, 1.54) is 19.3 Å². The molecule has 4 N–H and O–H groups in total. The van der Waals surface area contributed by atoms with Crippen LogP contribution < -0.4 is 11.1 Å². The molecule has 0 aliphatic rings. The molecule has 1 atom stereocenters. The third kappa shape index (κ3) is 4.04. The minimum Gasteiger partial charge on any atom is -0.394 e. The molecule has 0 unspecified atom stereocenters. The van der Waals surface area contributed by atoms with Gasteiger partial charge in [0.15, 0.2) is 5.82 Å². The van der Waals surface area contributed by atoms with Crippen LogP contribution in [0.2, 0.25) is 0 Å². The van der Waals surface area contributed by atoms with E-state index in [1.807, 2.05) is 19.1 Å². The molecule has 0 aliphatic heterocycles. The molecule has 0 bridgehead atoms. The average molecular weight is 303 g/mol. The fourth-order valence-corrected chi connectivity index (χ4v) is 2.48. The van der Waals surface area contributed by atoms with Gasteiger partial charge in [-0.2, -0.15) is 4.98 Å². The molecule has 2 aromatic rings. The summed E-state index contributed by atoms with van der Waals surface area (Å²) in [5.74, 6) is 0.782. The fraction of sp³-hybridized carbons (Fsp3) is 0.562. The number of aliphatic hydroxyl groups excluding tert-OH is 1. The Hall–Kier alpha value is -1.95. The monoisotopic (exact) mass is 303 g/mol. The van der Waals surface area contributed by atoms with Crippen molar-refractivity contribution in [2.75, 3.05) is 17.7 Å². The van der Waals surface area contributed by atoms with Crippen LogP contribution in [0.4, 0.5) is 11.8 Å². The molecule has 0 radical (unpaired) electrons. The molecule has 2 rings (SSSR count). The lowest BCUT2D eigenvalue weighted by Gasteiger charge is -2.29. The van der Waals surface area contributed by atoms with Crippen LogP contribution in [0.15, 0.2) is 18.3 Å². The van der Waals surface area contributed by atoms with Crippen LogP contribution >= 0.6 is 0 Å². The number of hydrogen-bond acceptors (Lipinski definition) is 6. The molecule has 2 aromatic heterocycles. The van der Waals surface area contributed by atoms with Crippen molar-refractivity contribution in [3.8, 4) is 0 Å². The van der Waals surface area contributed by atoms with Gasteiger partial charge >= 0.3 is 0 Å². The minimum atomic E-state index is -0.445. The van der Waals surface area contributed by atoms with E-state index in [-0.39, 0.29) is 12.6 Å². The summed E-state index contributed by atoms with van der Waals surface area (Å²) >= 11 is 0. The second kappa shape index (κ2) is 7.35. The number of hydrogen-bond donors (Lipinski definition) is 3. The summed E-state index contributed by atoms with van der Waals surface area (Å²) in [5.41, 5.74) is 6.70. The quantitative estimate of drug-likeness (QED) is 0.649. The topological polar surface area (TPSA) is 97.0 Å². The van der Waals surface area contributed by atoms with Gasteiger partial charge in [-0.1, -0.05) is 32.6 Å². The number of nitrogen functional groups attached to an aromatic ring is 1. The second-order valence-electron chi connectivity index (χ2n) is 5.96. The number of nitrogens with one attached hydrogen (secondary N) is 1. The van der Waals surface area contributed by atoms with E-state index >= 15 is 0 Å². The Balaban J connectivity index is 2.20. The molecule has 0 saturated carbocycles. The first kappa shape index (κ1) is 16.4.